The number of anilines is 1. The number of rotatable bonds is 10. The van der Waals surface area contributed by atoms with Gasteiger partial charge in [-0.05, 0) is 61.8 Å². The lowest BCUT2D eigenvalue weighted by atomic mass is 9.96. The lowest BCUT2D eigenvalue weighted by Crippen LogP contribution is -2.39. The third kappa shape index (κ3) is 6.45. The van der Waals surface area contributed by atoms with Gasteiger partial charge in [0.05, 0.1) is 38.0 Å². The molecular formula is C30H32FN7O3. The van der Waals surface area contributed by atoms with Gasteiger partial charge in [0.1, 0.15) is 11.5 Å². The van der Waals surface area contributed by atoms with Crippen molar-refractivity contribution in [3.8, 4) is 28.6 Å². The Hall–Kier alpha value is -4.54. The number of hydrogen-bond acceptors (Lipinski definition) is 8. The third-order valence-corrected chi connectivity index (χ3v) is 7.51. The molecule has 2 aromatic carbocycles. The second-order valence-corrected chi connectivity index (χ2v) is 10.5. The third-order valence-electron chi connectivity index (χ3n) is 7.51. The maximum absolute atomic E-state index is 14.8. The number of halogens is 1. The number of carbonyl (C=O) groups is 1. The molecule has 1 amide bonds. The van der Waals surface area contributed by atoms with Crippen LogP contribution in [-0.4, -0.2) is 64.2 Å². The molecular weight excluding hydrogens is 525 g/mol. The van der Waals surface area contributed by atoms with Crippen molar-refractivity contribution in [3.63, 3.8) is 0 Å². The van der Waals surface area contributed by atoms with Crippen LogP contribution in [0.5, 0.6) is 11.5 Å². The Labute approximate surface area is 237 Å². The highest BCUT2D eigenvalue weighted by molar-refractivity contribution is 5.95. The van der Waals surface area contributed by atoms with E-state index in [2.05, 4.69) is 25.5 Å². The summed E-state index contributed by atoms with van der Waals surface area (Å²) < 4.78 is 26.1. The average molecular weight is 558 g/mol. The van der Waals surface area contributed by atoms with Gasteiger partial charge >= 0.3 is 0 Å². The van der Waals surface area contributed by atoms with E-state index in [1.807, 2.05) is 29.2 Å². The molecule has 0 spiro atoms. The number of aromatic nitrogens is 5. The maximum atomic E-state index is 14.8. The van der Waals surface area contributed by atoms with Crippen molar-refractivity contribution in [2.75, 3.05) is 38.3 Å². The zero-order chi connectivity index (χ0) is 28.2. The van der Waals surface area contributed by atoms with Crippen LogP contribution in [-0.2, 0) is 0 Å². The molecule has 10 nitrogen and oxygen atoms in total. The van der Waals surface area contributed by atoms with Gasteiger partial charge in [-0.15, -0.1) is 0 Å². The molecule has 1 aliphatic carbocycles. The molecule has 3 heterocycles. The van der Waals surface area contributed by atoms with Gasteiger partial charge in [0.2, 0.25) is 0 Å². The highest BCUT2D eigenvalue weighted by Crippen LogP contribution is 2.31. The van der Waals surface area contributed by atoms with Crippen molar-refractivity contribution in [2.45, 2.75) is 25.7 Å². The van der Waals surface area contributed by atoms with Crippen LogP contribution in [0.1, 0.15) is 36.0 Å². The van der Waals surface area contributed by atoms with E-state index in [1.165, 1.54) is 23.8 Å². The Bertz CT molecular complexity index is 1500. The van der Waals surface area contributed by atoms with E-state index in [-0.39, 0.29) is 17.6 Å². The van der Waals surface area contributed by atoms with Crippen LogP contribution in [0.3, 0.4) is 0 Å². The largest absolute Gasteiger partial charge is 0.497 e. The molecule has 0 unspecified atom stereocenters. The molecule has 2 aromatic heterocycles. The Morgan fingerprint density at radius 3 is 2.56 bits per heavy atom. The van der Waals surface area contributed by atoms with Gasteiger partial charge in [0, 0.05) is 36.8 Å². The lowest BCUT2D eigenvalue weighted by Gasteiger charge is -2.33. The number of piperidine rings is 1. The van der Waals surface area contributed by atoms with Crippen molar-refractivity contribution in [2.24, 2.45) is 11.8 Å². The number of hydrogen-bond donors (Lipinski definition) is 1. The van der Waals surface area contributed by atoms with Crippen LogP contribution in [0.4, 0.5) is 10.2 Å². The Morgan fingerprint density at radius 1 is 1.02 bits per heavy atom. The van der Waals surface area contributed by atoms with E-state index < -0.39 is 5.82 Å². The first kappa shape index (κ1) is 26.7. The van der Waals surface area contributed by atoms with Crippen LogP contribution >= 0.6 is 0 Å². The van der Waals surface area contributed by atoms with Gasteiger partial charge in [-0.1, -0.05) is 12.1 Å². The summed E-state index contributed by atoms with van der Waals surface area (Å²) in [4.78, 5) is 25.2. The van der Waals surface area contributed by atoms with E-state index in [4.69, 9.17) is 9.47 Å². The van der Waals surface area contributed by atoms with Crippen molar-refractivity contribution >= 4 is 11.7 Å². The molecule has 6 rings (SSSR count). The standard InChI is InChI=1S/C30H32FN7O3/c1-40-25-14-23(15-26(16-25)41-19-21-5-6-21)30(39)33-17-20-7-11-37(12-8-20)29-27(31)18-32-28(36-29)22-3-2-4-24(13-22)38-34-9-10-35-38/h2-4,9-10,13-16,18,20-21H,5-8,11-12,17,19H2,1H3,(H,33,39). The van der Waals surface area contributed by atoms with Crippen LogP contribution in [0.2, 0.25) is 0 Å². The number of amides is 1. The van der Waals surface area contributed by atoms with E-state index in [0.29, 0.717) is 55.0 Å². The molecule has 0 radical (unpaired) electrons. The van der Waals surface area contributed by atoms with Crippen LogP contribution in [0.25, 0.3) is 17.1 Å². The Balaban J connectivity index is 1.06. The molecule has 11 heteroatoms. The number of carbonyl (C=O) groups excluding carboxylic acids is 1. The summed E-state index contributed by atoms with van der Waals surface area (Å²) in [5, 5.41) is 11.4. The number of nitrogens with one attached hydrogen (secondary N) is 1. The Kier molecular flexibility index (Phi) is 7.75. The van der Waals surface area contributed by atoms with Gasteiger partial charge in [-0.3, -0.25) is 4.79 Å². The van der Waals surface area contributed by atoms with Crippen LogP contribution in [0.15, 0.2) is 61.1 Å². The molecule has 1 saturated carbocycles. The summed E-state index contributed by atoms with van der Waals surface area (Å²) in [6, 6.07) is 12.8. The summed E-state index contributed by atoms with van der Waals surface area (Å²) in [7, 11) is 1.58. The van der Waals surface area contributed by atoms with Crippen molar-refractivity contribution < 1.29 is 18.7 Å². The molecule has 1 N–H and O–H groups in total. The van der Waals surface area contributed by atoms with Gasteiger partial charge in [-0.2, -0.15) is 15.0 Å². The molecule has 2 fully saturated rings. The Morgan fingerprint density at radius 2 is 1.80 bits per heavy atom. The number of nitrogens with zero attached hydrogens (tertiary/aromatic N) is 6. The second kappa shape index (κ2) is 11.9. The summed E-state index contributed by atoms with van der Waals surface area (Å²) in [5.41, 5.74) is 2.02. The minimum atomic E-state index is -0.455. The minimum absolute atomic E-state index is 0.165. The molecule has 0 atom stereocenters. The van der Waals surface area contributed by atoms with Gasteiger partial charge in [-0.25, -0.2) is 14.4 Å². The maximum Gasteiger partial charge on any atom is 0.251 e. The fourth-order valence-corrected chi connectivity index (χ4v) is 4.93. The zero-order valence-corrected chi connectivity index (χ0v) is 22.9. The molecule has 41 heavy (non-hydrogen) atoms. The summed E-state index contributed by atoms with van der Waals surface area (Å²) in [6.45, 7) is 2.46. The molecule has 0 bridgehead atoms. The monoisotopic (exact) mass is 557 g/mol. The molecule has 1 aliphatic heterocycles. The quantitative estimate of drug-likeness (QED) is 0.308. The van der Waals surface area contributed by atoms with E-state index in [9.17, 15) is 9.18 Å². The van der Waals surface area contributed by atoms with Gasteiger partial charge < -0.3 is 19.7 Å². The van der Waals surface area contributed by atoms with Gasteiger partial charge in [0.25, 0.3) is 5.91 Å². The second-order valence-electron chi connectivity index (χ2n) is 10.5. The molecule has 4 aromatic rings. The first-order valence-electron chi connectivity index (χ1n) is 13.9. The van der Waals surface area contributed by atoms with E-state index >= 15 is 0 Å². The van der Waals surface area contributed by atoms with Crippen molar-refractivity contribution in [1.82, 2.24) is 30.3 Å². The van der Waals surface area contributed by atoms with E-state index in [0.717, 1.165) is 24.1 Å². The summed E-state index contributed by atoms with van der Waals surface area (Å²) >= 11 is 0. The van der Waals surface area contributed by atoms with E-state index in [1.54, 1.807) is 37.7 Å². The highest BCUT2D eigenvalue weighted by atomic mass is 19.1. The normalized spacial score (nSPS) is 15.5. The zero-order valence-electron chi connectivity index (χ0n) is 22.9. The van der Waals surface area contributed by atoms with Crippen LogP contribution < -0.4 is 19.7 Å². The smallest absolute Gasteiger partial charge is 0.251 e. The van der Waals surface area contributed by atoms with Crippen molar-refractivity contribution in [1.29, 1.82) is 0 Å². The first-order valence-corrected chi connectivity index (χ1v) is 13.9. The van der Waals surface area contributed by atoms with Crippen LogP contribution in [0, 0.1) is 17.7 Å². The fourth-order valence-electron chi connectivity index (χ4n) is 4.93. The topological polar surface area (TPSA) is 107 Å². The average Bonchev–Trinajstić information content (AvgIpc) is 3.69. The SMILES string of the molecule is COc1cc(OCC2CC2)cc(C(=O)NCC2CCN(c3nc(-c4cccc(-n5nccn5)c4)ncc3F)CC2)c1. The van der Waals surface area contributed by atoms with Crippen molar-refractivity contribution in [3.05, 3.63) is 72.4 Å². The summed E-state index contributed by atoms with van der Waals surface area (Å²) in [5.74, 6) is 2.22. The van der Waals surface area contributed by atoms with Gasteiger partial charge in [0.15, 0.2) is 17.5 Å². The lowest BCUT2D eigenvalue weighted by molar-refractivity contribution is 0.0944. The predicted octanol–water partition coefficient (Wildman–Crippen LogP) is 4.31. The molecule has 1 saturated heterocycles. The number of benzene rings is 2. The fraction of sp³-hybridized carbons (Fsp3) is 0.367. The predicted molar refractivity (Wildman–Crippen MR) is 151 cm³/mol. The first-order chi connectivity index (χ1) is 20.1. The summed E-state index contributed by atoms with van der Waals surface area (Å²) in [6.07, 6.45) is 8.42. The number of methoxy groups -OCH3 is 1. The highest BCUT2D eigenvalue weighted by Gasteiger charge is 2.25. The molecule has 212 valence electrons. The molecule has 2 aliphatic rings. The minimum Gasteiger partial charge on any atom is -0.497 e. The number of ether oxygens (including phenoxy) is 2.